The molecule has 1 aromatic heterocycles. The van der Waals surface area contributed by atoms with Crippen molar-refractivity contribution in [3.05, 3.63) is 70.5 Å². The van der Waals surface area contributed by atoms with Crippen molar-refractivity contribution in [3.8, 4) is 0 Å². The predicted octanol–water partition coefficient (Wildman–Crippen LogP) is 3.11. The Kier molecular flexibility index (Phi) is 6.25. The normalized spacial score (nSPS) is 10.1. The first-order chi connectivity index (χ1) is 14.0. The molecule has 0 unspecified atom stereocenters. The van der Waals surface area contributed by atoms with E-state index in [9.17, 15) is 9.59 Å². The lowest BCUT2D eigenvalue weighted by atomic mass is 10.2. The van der Waals surface area contributed by atoms with E-state index in [0.29, 0.717) is 21.3 Å². The first-order valence-electron chi connectivity index (χ1n) is 8.37. The number of carbonyl (C=O) groups excluding carboxylic acids is 2. The van der Waals surface area contributed by atoms with E-state index in [2.05, 4.69) is 42.1 Å². The molecule has 10 heteroatoms. The van der Waals surface area contributed by atoms with E-state index in [0.717, 1.165) is 0 Å². The summed E-state index contributed by atoms with van der Waals surface area (Å²) >= 11 is 3.32. The number of hydrazine groups is 1. The predicted molar refractivity (Wildman–Crippen MR) is 113 cm³/mol. The van der Waals surface area contributed by atoms with Gasteiger partial charge in [0.05, 0.1) is 23.9 Å². The zero-order valence-corrected chi connectivity index (χ0v) is 16.9. The highest BCUT2D eigenvalue weighted by Gasteiger charge is 2.15. The number of halogens is 1. The number of aromatic nitrogens is 2. The van der Waals surface area contributed by atoms with Gasteiger partial charge in [-0.1, -0.05) is 24.3 Å². The van der Waals surface area contributed by atoms with Crippen molar-refractivity contribution in [1.29, 1.82) is 0 Å². The van der Waals surface area contributed by atoms with Crippen LogP contribution in [0.4, 0.5) is 23.0 Å². The number of ether oxygens (including phenoxy) is 1. The Labute approximate surface area is 174 Å². The third-order valence-electron chi connectivity index (χ3n) is 3.88. The molecule has 3 aromatic rings. The Bertz CT molecular complexity index is 1060. The molecule has 0 saturated heterocycles. The van der Waals surface area contributed by atoms with Crippen molar-refractivity contribution < 1.29 is 14.3 Å². The van der Waals surface area contributed by atoms with Gasteiger partial charge in [0.1, 0.15) is 12.0 Å². The van der Waals surface area contributed by atoms with Gasteiger partial charge in [-0.2, -0.15) is 0 Å². The lowest BCUT2D eigenvalue weighted by Crippen LogP contribution is -2.30. The van der Waals surface area contributed by atoms with Gasteiger partial charge in [-0.25, -0.2) is 14.8 Å². The van der Waals surface area contributed by atoms with Crippen LogP contribution in [0.1, 0.15) is 20.7 Å². The van der Waals surface area contributed by atoms with Gasteiger partial charge in [0.25, 0.3) is 5.91 Å². The second-order valence-corrected chi connectivity index (χ2v) is 6.56. The van der Waals surface area contributed by atoms with Crippen molar-refractivity contribution in [2.75, 3.05) is 23.6 Å². The number of esters is 1. The summed E-state index contributed by atoms with van der Waals surface area (Å²) in [4.78, 5) is 32.4. The fraction of sp³-hybridized carbons (Fsp3) is 0.0526. The van der Waals surface area contributed by atoms with E-state index in [1.54, 1.807) is 48.5 Å². The molecule has 0 aliphatic rings. The molecule has 0 spiro atoms. The number of carbonyl (C=O) groups is 2. The summed E-state index contributed by atoms with van der Waals surface area (Å²) in [6.07, 6.45) is 1.27. The molecule has 2 aromatic carbocycles. The molecule has 0 atom stereocenters. The van der Waals surface area contributed by atoms with Crippen LogP contribution in [0.3, 0.4) is 0 Å². The van der Waals surface area contributed by atoms with Crippen LogP contribution >= 0.6 is 15.9 Å². The number of rotatable bonds is 6. The summed E-state index contributed by atoms with van der Waals surface area (Å²) in [7, 11) is 1.30. The molecular weight excluding hydrogens is 440 g/mol. The number of benzene rings is 2. The highest BCUT2D eigenvalue weighted by molar-refractivity contribution is 9.10. The summed E-state index contributed by atoms with van der Waals surface area (Å²) in [5.41, 5.74) is 12.7. The minimum absolute atomic E-state index is 0.152. The monoisotopic (exact) mass is 456 g/mol. The van der Waals surface area contributed by atoms with Crippen LogP contribution in [0.25, 0.3) is 0 Å². The fourth-order valence-corrected chi connectivity index (χ4v) is 2.90. The Balaban J connectivity index is 1.78. The topological polar surface area (TPSA) is 131 Å². The smallest absolute Gasteiger partial charge is 0.339 e. The fourth-order valence-electron chi connectivity index (χ4n) is 2.43. The van der Waals surface area contributed by atoms with E-state index in [4.69, 9.17) is 10.5 Å². The lowest BCUT2D eigenvalue weighted by Gasteiger charge is -2.14. The molecule has 9 nitrogen and oxygen atoms in total. The van der Waals surface area contributed by atoms with Gasteiger partial charge < -0.3 is 15.8 Å². The minimum Gasteiger partial charge on any atom is -0.465 e. The first-order valence-corrected chi connectivity index (χ1v) is 9.16. The molecule has 0 fully saturated rings. The SMILES string of the molecule is COC(=O)c1ccccc1Nc1ncnc(NNC(=O)c2ccccc2Br)c1N. The van der Waals surface area contributed by atoms with Gasteiger partial charge in [-0.3, -0.25) is 15.6 Å². The van der Waals surface area contributed by atoms with Gasteiger partial charge in [-0.05, 0) is 40.2 Å². The van der Waals surface area contributed by atoms with Crippen LogP contribution in [0.2, 0.25) is 0 Å². The molecule has 0 saturated carbocycles. The average molecular weight is 457 g/mol. The van der Waals surface area contributed by atoms with Crippen LogP contribution in [0.15, 0.2) is 59.3 Å². The minimum atomic E-state index is -0.500. The first kappa shape index (κ1) is 20.1. The summed E-state index contributed by atoms with van der Waals surface area (Å²) in [6.45, 7) is 0. The van der Waals surface area contributed by atoms with Crippen molar-refractivity contribution >= 4 is 50.8 Å². The summed E-state index contributed by atoms with van der Waals surface area (Å²) in [5, 5.41) is 2.99. The van der Waals surface area contributed by atoms with Crippen LogP contribution in [-0.2, 0) is 4.74 Å². The van der Waals surface area contributed by atoms with Gasteiger partial charge >= 0.3 is 5.97 Å². The third-order valence-corrected chi connectivity index (χ3v) is 4.57. The maximum atomic E-state index is 12.3. The second kappa shape index (κ2) is 9.02. The van der Waals surface area contributed by atoms with Gasteiger partial charge in [0, 0.05) is 4.47 Å². The maximum Gasteiger partial charge on any atom is 0.339 e. The number of nitrogens with zero attached hydrogens (tertiary/aromatic N) is 2. The molecule has 148 valence electrons. The molecule has 3 rings (SSSR count). The highest BCUT2D eigenvalue weighted by Crippen LogP contribution is 2.27. The Morgan fingerprint density at radius 3 is 2.38 bits per heavy atom. The summed E-state index contributed by atoms with van der Waals surface area (Å²) in [6, 6.07) is 13.8. The standard InChI is InChI=1S/C19H17BrN6O3/c1-29-19(28)12-7-3-5-9-14(12)24-16-15(21)17(23-10-22-16)25-26-18(27)11-6-2-4-8-13(11)20/h2-10H,21H2,1H3,(H,26,27)(H2,22,23,24,25). The van der Waals surface area contributed by atoms with E-state index < -0.39 is 5.97 Å². The number of para-hydroxylation sites is 1. The number of anilines is 4. The number of nitrogens with two attached hydrogens (primary N) is 1. The van der Waals surface area contributed by atoms with Gasteiger partial charge in [-0.15, -0.1) is 0 Å². The van der Waals surface area contributed by atoms with E-state index >= 15 is 0 Å². The Hall–Kier alpha value is -3.66. The largest absolute Gasteiger partial charge is 0.465 e. The van der Waals surface area contributed by atoms with Crippen LogP contribution < -0.4 is 21.9 Å². The van der Waals surface area contributed by atoms with Crippen LogP contribution in [0.5, 0.6) is 0 Å². The molecule has 1 amide bonds. The van der Waals surface area contributed by atoms with Crippen molar-refractivity contribution in [3.63, 3.8) is 0 Å². The number of nitrogen functional groups attached to an aromatic ring is 1. The Morgan fingerprint density at radius 2 is 1.66 bits per heavy atom. The lowest BCUT2D eigenvalue weighted by molar-refractivity contribution is 0.0601. The maximum absolute atomic E-state index is 12.3. The molecular formula is C19H17BrN6O3. The number of hydrogen-bond acceptors (Lipinski definition) is 8. The molecule has 0 aliphatic heterocycles. The van der Waals surface area contributed by atoms with Gasteiger partial charge in [0.2, 0.25) is 0 Å². The molecule has 0 bridgehead atoms. The quantitative estimate of drug-likeness (QED) is 0.328. The zero-order chi connectivity index (χ0) is 20.8. The number of nitrogens with one attached hydrogen (secondary N) is 3. The molecule has 5 N–H and O–H groups in total. The number of amides is 1. The molecule has 29 heavy (non-hydrogen) atoms. The molecule has 1 heterocycles. The Morgan fingerprint density at radius 1 is 1.00 bits per heavy atom. The average Bonchev–Trinajstić information content (AvgIpc) is 2.74. The second-order valence-electron chi connectivity index (χ2n) is 5.71. The molecule has 0 radical (unpaired) electrons. The van der Waals surface area contributed by atoms with E-state index in [-0.39, 0.29) is 23.2 Å². The summed E-state index contributed by atoms with van der Waals surface area (Å²) in [5.74, 6) is -0.423. The van der Waals surface area contributed by atoms with E-state index in [1.807, 2.05) is 0 Å². The van der Waals surface area contributed by atoms with Gasteiger partial charge in [0.15, 0.2) is 11.6 Å². The van der Waals surface area contributed by atoms with Crippen LogP contribution in [0, 0.1) is 0 Å². The number of methoxy groups -OCH3 is 1. The van der Waals surface area contributed by atoms with Crippen LogP contribution in [-0.4, -0.2) is 29.0 Å². The highest BCUT2D eigenvalue weighted by atomic mass is 79.9. The third kappa shape index (κ3) is 4.61. The summed E-state index contributed by atoms with van der Waals surface area (Å²) < 4.78 is 5.43. The van der Waals surface area contributed by atoms with E-state index in [1.165, 1.54) is 13.4 Å². The zero-order valence-electron chi connectivity index (χ0n) is 15.3. The number of hydrogen-bond donors (Lipinski definition) is 4. The van der Waals surface area contributed by atoms with Crippen molar-refractivity contribution in [2.24, 2.45) is 0 Å². The van der Waals surface area contributed by atoms with Crippen molar-refractivity contribution in [2.45, 2.75) is 0 Å². The molecule has 0 aliphatic carbocycles. The van der Waals surface area contributed by atoms with Crippen molar-refractivity contribution in [1.82, 2.24) is 15.4 Å².